The molecule has 0 bridgehead atoms. The molecule has 1 aromatic carbocycles. The summed E-state index contributed by atoms with van der Waals surface area (Å²) >= 11 is 1.10. The van der Waals surface area contributed by atoms with E-state index in [9.17, 15) is 4.79 Å². The normalized spacial score (nSPS) is 9.70. The molecule has 20 heavy (non-hydrogen) atoms. The van der Waals surface area contributed by atoms with Crippen LogP contribution in [-0.4, -0.2) is 34.0 Å². The molecular weight excluding hydrogens is 272 g/mol. The average molecular weight is 286 g/mol. The first-order valence-electron chi connectivity index (χ1n) is 6.01. The first-order valence-corrected chi connectivity index (χ1v) is 6.78. The molecule has 0 spiro atoms. The summed E-state index contributed by atoms with van der Waals surface area (Å²) < 4.78 is 3.69. The summed E-state index contributed by atoms with van der Waals surface area (Å²) in [7, 11) is 1.75. The maximum atomic E-state index is 12.0. The lowest BCUT2D eigenvalue weighted by Crippen LogP contribution is -2.25. The van der Waals surface area contributed by atoms with Gasteiger partial charge in [0.2, 0.25) is 0 Å². The average Bonchev–Trinajstić information content (AvgIpc) is 3.00. The maximum Gasteiger partial charge on any atom is 0.267 e. The number of benzene rings is 1. The first-order chi connectivity index (χ1) is 9.70. The van der Waals surface area contributed by atoms with Crippen LogP contribution < -0.4 is 5.73 Å². The van der Waals surface area contributed by atoms with Crippen molar-refractivity contribution in [3.63, 3.8) is 0 Å². The van der Waals surface area contributed by atoms with Gasteiger partial charge in [0, 0.05) is 19.2 Å². The monoisotopic (exact) mass is 286 g/mol. The van der Waals surface area contributed by atoms with Crippen LogP contribution in [0.25, 0.3) is 0 Å². The lowest BCUT2D eigenvalue weighted by atomic mass is 10.1. The molecule has 0 saturated heterocycles. The quantitative estimate of drug-likeness (QED) is 0.858. The van der Waals surface area contributed by atoms with E-state index in [2.05, 4.69) is 21.4 Å². The maximum absolute atomic E-state index is 12.0. The highest BCUT2D eigenvalue weighted by molar-refractivity contribution is 7.07. The fourth-order valence-electron chi connectivity index (χ4n) is 1.64. The van der Waals surface area contributed by atoms with E-state index in [4.69, 9.17) is 5.73 Å². The number of hydrogen-bond acceptors (Lipinski definition) is 5. The number of aromatic nitrogens is 2. The lowest BCUT2D eigenvalue weighted by molar-refractivity contribution is 0.0789. The number of nitrogens with two attached hydrogens (primary N) is 1. The van der Waals surface area contributed by atoms with Crippen LogP contribution in [0.5, 0.6) is 0 Å². The van der Waals surface area contributed by atoms with Crippen molar-refractivity contribution in [2.45, 2.75) is 6.54 Å². The van der Waals surface area contributed by atoms with Crippen LogP contribution in [0.3, 0.4) is 0 Å². The molecule has 5 nitrogen and oxygen atoms in total. The zero-order valence-corrected chi connectivity index (χ0v) is 11.9. The molecule has 0 aliphatic carbocycles. The van der Waals surface area contributed by atoms with E-state index in [1.54, 1.807) is 11.9 Å². The summed E-state index contributed by atoms with van der Waals surface area (Å²) in [5.74, 6) is 5.69. The molecule has 0 unspecified atom stereocenters. The third-order valence-corrected chi connectivity index (χ3v) is 3.28. The third-order valence-electron chi connectivity index (χ3n) is 2.63. The Kier molecular flexibility index (Phi) is 4.82. The Balaban J connectivity index is 2.01. The van der Waals surface area contributed by atoms with E-state index < -0.39 is 0 Å². The highest BCUT2D eigenvalue weighted by atomic mass is 32.1. The third kappa shape index (κ3) is 3.63. The Labute approximate surface area is 121 Å². The molecule has 0 aliphatic heterocycles. The Morgan fingerprint density at radius 2 is 2.15 bits per heavy atom. The summed E-state index contributed by atoms with van der Waals surface area (Å²) in [6, 6.07) is 7.75. The predicted molar refractivity (Wildman–Crippen MR) is 78.1 cm³/mol. The van der Waals surface area contributed by atoms with Crippen molar-refractivity contribution in [2.24, 2.45) is 5.73 Å². The second kappa shape index (κ2) is 6.80. The van der Waals surface area contributed by atoms with Crippen molar-refractivity contribution in [3.8, 4) is 11.8 Å². The molecule has 2 rings (SSSR count). The summed E-state index contributed by atoms with van der Waals surface area (Å²) in [5, 5.41) is 3.67. The van der Waals surface area contributed by atoms with Crippen LogP contribution in [0, 0.1) is 11.8 Å². The molecule has 6 heteroatoms. The van der Waals surface area contributed by atoms with Crippen LogP contribution in [0.4, 0.5) is 0 Å². The Hall–Kier alpha value is -2.23. The molecule has 1 amide bonds. The van der Waals surface area contributed by atoms with Gasteiger partial charge in [-0.3, -0.25) is 4.79 Å². The SMILES string of the molecule is CN(Cc1ccc(C#CCN)cc1)C(=O)c1cnns1. The van der Waals surface area contributed by atoms with Gasteiger partial charge in [0.15, 0.2) is 0 Å². The number of rotatable bonds is 3. The van der Waals surface area contributed by atoms with Gasteiger partial charge in [0.05, 0.1) is 12.7 Å². The van der Waals surface area contributed by atoms with Crippen molar-refractivity contribution in [1.82, 2.24) is 14.5 Å². The van der Waals surface area contributed by atoms with E-state index in [1.807, 2.05) is 24.3 Å². The molecule has 0 saturated carbocycles. The summed E-state index contributed by atoms with van der Waals surface area (Å²) in [5.41, 5.74) is 7.28. The number of carbonyl (C=O) groups is 1. The largest absolute Gasteiger partial charge is 0.337 e. The number of carbonyl (C=O) groups excluding carboxylic acids is 1. The van der Waals surface area contributed by atoms with E-state index in [1.165, 1.54) is 6.20 Å². The minimum atomic E-state index is -0.0769. The molecule has 2 N–H and O–H groups in total. The lowest BCUT2D eigenvalue weighted by Gasteiger charge is -2.15. The van der Waals surface area contributed by atoms with Crippen LogP contribution in [0.1, 0.15) is 20.8 Å². The van der Waals surface area contributed by atoms with Gasteiger partial charge < -0.3 is 10.6 Å². The van der Waals surface area contributed by atoms with E-state index >= 15 is 0 Å². The van der Waals surface area contributed by atoms with Gasteiger partial charge in [0.1, 0.15) is 4.88 Å². The fraction of sp³-hybridized carbons (Fsp3) is 0.214. The van der Waals surface area contributed by atoms with E-state index in [0.717, 1.165) is 22.7 Å². The van der Waals surface area contributed by atoms with Gasteiger partial charge in [-0.15, -0.1) is 5.10 Å². The highest BCUT2D eigenvalue weighted by Gasteiger charge is 2.14. The van der Waals surface area contributed by atoms with E-state index in [0.29, 0.717) is 18.0 Å². The van der Waals surface area contributed by atoms with Crippen molar-refractivity contribution >= 4 is 17.4 Å². The van der Waals surface area contributed by atoms with Crippen molar-refractivity contribution in [3.05, 3.63) is 46.5 Å². The second-order valence-corrected chi connectivity index (χ2v) is 4.93. The molecule has 102 valence electrons. The first kappa shape index (κ1) is 14.2. The molecule has 0 atom stereocenters. The smallest absolute Gasteiger partial charge is 0.267 e. The summed E-state index contributed by atoms with van der Waals surface area (Å²) in [4.78, 5) is 14.2. The van der Waals surface area contributed by atoms with Gasteiger partial charge in [-0.1, -0.05) is 28.5 Å². The molecule has 1 aromatic heterocycles. The van der Waals surface area contributed by atoms with Crippen molar-refractivity contribution in [1.29, 1.82) is 0 Å². The molecular formula is C14H14N4OS. The molecule has 0 radical (unpaired) electrons. The van der Waals surface area contributed by atoms with Crippen LogP contribution in [-0.2, 0) is 6.54 Å². The van der Waals surface area contributed by atoms with Gasteiger partial charge in [-0.05, 0) is 29.2 Å². The standard InChI is InChI=1S/C14H14N4OS/c1-18(14(19)13-9-16-17-20-13)10-12-6-4-11(5-7-12)3-2-8-15/h4-7,9H,8,10,15H2,1H3. The number of nitrogens with zero attached hydrogens (tertiary/aromatic N) is 3. The molecule has 0 fully saturated rings. The van der Waals surface area contributed by atoms with Crippen molar-refractivity contribution in [2.75, 3.05) is 13.6 Å². The van der Waals surface area contributed by atoms with Gasteiger partial charge in [-0.2, -0.15) is 0 Å². The highest BCUT2D eigenvalue weighted by Crippen LogP contribution is 2.10. The van der Waals surface area contributed by atoms with E-state index in [-0.39, 0.29) is 5.91 Å². The molecule has 2 aromatic rings. The zero-order valence-electron chi connectivity index (χ0n) is 11.0. The summed E-state index contributed by atoms with van der Waals surface area (Å²) in [6.45, 7) is 0.878. The topological polar surface area (TPSA) is 72.1 Å². The van der Waals surface area contributed by atoms with Gasteiger partial charge >= 0.3 is 0 Å². The van der Waals surface area contributed by atoms with Crippen LogP contribution >= 0.6 is 11.5 Å². The van der Waals surface area contributed by atoms with Gasteiger partial charge in [0.25, 0.3) is 5.91 Å². The number of hydrogen-bond donors (Lipinski definition) is 1. The van der Waals surface area contributed by atoms with Crippen molar-refractivity contribution < 1.29 is 4.79 Å². The molecule has 1 heterocycles. The Morgan fingerprint density at radius 3 is 2.75 bits per heavy atom. The minimum Gasteiger partial charge on any atom is -0.337 e. The summed E-state index contributed by atoms with van der Waals surface area (Å²) in [6.07, 6.45) is 1.48. The van der Waals surface area contributed by atoms with Gasteiger partial charge in [-0.25, -0.2) is 0 Å². The Morgan fingerprint density at radius 1 is 1.40 bits per heavy atom. The second-order valence-electron chi connectivity index (χ2n) is 4.15. The zero-order chi connectivity index (χ0) is 14.4. The fourth-order valence-corrected chi connectivity index (χ4v) is 2.15. The van der Waals surface area contributed by atoms with Crippen LogP contribution in [0.15, 0.2) is 30.5 Å². The van der Waals surface area contributed by atoms with Crippen LogP contribution in [0.2, 0.25) is 0 Å². The minimum absolute atomic E-state index is 0.0769. The molecule has 0 aliphatic rings. The number of amides is 1. The Bertz CT molecular complexity index is 625. The predicted octanol–water partition coefficient (Wildman–Crippen LogP) is 1.12.